The lowest BCUT2D eigenvalue weighted by Crippen LogP contribution is -2.49. The zero-order valence-corrected chi connectivity index (χ0v) is 13.2. The average molecular weight is 304 g/mol. The maximum atomic E-state index is 12.4. The third kappa shape index (κ3) is 2.87. The Morgan fingerprint density at radius 3 is 2.62 bits per heavy atom. The van der Waals surface area contributed by atoms with Gasteiger partial charge in [0.2, 0.25) is 0 Å². The van der Waals surface area contributed by atoms with E-state index in [9.17, 15) is 4.79 Å². The number of aryl methyl sites for hydroxylation is 1. The van der Waals surface area contributed by atoms with E-state index in [1.807, 2.05) is 11.9 Å². The lowest BCUT2D eigenvalue weighted by molar-refractivity contribution is 0.0572. The van der Waals surface area contributed by atoms with Crippen molar-refractivity contribution in [2.24, 2.45) is 7.05 Å². The van der Waals surface area contributed by atoms with Crippen molar-refractivity contribution in [3.63, 3.8) is 0 Å². The fraction of sp³-hybridized carbons (Fsp3) is 0.467. The van der Waals surface area contributed by atoms with E-state index < -0.39 is 0 Å². The summed E-state index contributed by atoms with van der Waals surface area (Å²) in [7, 11) is 1.81. The first-order valence-corrected chi connectivity index (χ1v) is 8.14. The van der Waals surface area contributed by atoms with Gasteiger partial charge in [-0.05, 0) is 35.4 Å². The molecule has 1 saturated heterocycles. The van der Waals surface area contributed by atoms with Crippen molar-refractivity contribution in [1.29, 1.82) is 0 Å². The summed E-state index contributed by atoms with van der Waals surface area (Å²) >= 11 is 1.74. The van der Waals surface area contributed by atoms with Gasteiger partial charge in [-0.15, -0.1) is 0 Å². The molecule has 0 radical (unpaired) electrons. The Morgan fingerprint density at radius 1 is 1.29 bits per heavy atom. The summed E-state index contributed by atoms with van der Waals surface area (Å²) in [5, 5.41) is 8.39. The minimum atomic E-state index is 0.0813. The summed E-state index contributed by atoms with van der Waals surface area (Å²) < 4.78 is 1.64. The van der Waals surface area contributed by atoms with Gasteiger partial charge < -0.3 is 4.90 Å². The van der Waals surface area contributed by atoms with Gasteiger partial charge in [0.25, 0.3) is 5.91 Å². The van der Waals surface area contributed by atoms with Gasteiger partial charge in [0, 0.05) is 45.5 Å². The highest BCUT2D eigenvalue weighted by Crippen LogP contribution is 2.23. The third-order valence-corrected chi connectivity index (χ3v) is 4.92. The zero-order chi connectivity index (χ0) is 14.8. The number of nitrogens with zero attached hydrogens (tertiary/aromatic N) is 4. The molecule has 0 bridgehead atoms. The molecule has 5 nitrogen and oxygen atoms in total. The molecule has 1 aliphatic heterocycles. The van der Waals surface area contributed by atoms with E-state index in [-0.39, 0.29) is 5.91 Å². The lowest BCUT2D eigenvalue weighted by Gasteiger charge is -2.37. The van der Waals surface area contributed by atoms with Crippen LogP contribution in [0.3, 0.4) is 0 Å². The van der Waals surface area contributed by atoms with Gasteiger partial charge >= 0.3 is 0 Å². The molecule has 0 unspecified atom stereocenters. The van der Waals surface area contributed by atoms with Gasteiger partial charge in [0.1, 0.15) is 5.69 Å². The molecule has 1 atom stereocenters. The molecule has 1 amide bonds. The molecule has 0 aromatic carbocycles. The third-order valence-electron chi connectivity index (χ3n) is 4.21. The van der Waals surface area contributed by atoms with Gasteiger partial charge in [-0.3, -0.25) is 14.4 Å². The predicted molar refractivity (Wildman–Crippen MR) is 83.4 cm³/mol. The van der Waals surface area contributed by atoms with Crippen LogP contribution in [0.25, 0.3) is 0 Å². The average Bonchev–Trinajstić information content (AvgIpc) is 3.17. The van der Waals surface area contributed by atoms with Gasteiger partial charge in [0.05, 0.1) is 0 Å². The summed E-state index contributed by atoms with van der Waals surface area (Å²) in [6, 6.07) is 4.38. The number of aromatic nitrogens is 2. The fourth-order valence-electron chi connectivity index (χ4n) is 2.78. The van der Waals surface area contributed by atoms with Gasteiger partial charge in [-0.25, -0.2) is 0 Å². The molecule has 0 N–H and O–H groups in total. The number of hydrogen-bond acceptors (Lipinski definition) is 4. The van der Waals surface area contributed by atoms with Crippen LogP contribution in [0, 0.1) is 0 Å². The van der Waals surface area contributed by atoms with Gasteiger partial charge in [-0.2, -0.15) is 16.4 Å². The minimum absolute atomic E-state index is 0.0813. The smallest absolute Gasteiger partial charge is 0.272 e. The van der Waals surface area contributed by atoms with Crippen molar-refractivity contribution in [3.05, 3.63) is 40.3 Å². The van der Waals surface area contributed by atoms with Crippen molar-refractivity contribution in [2.75, 3.05) is 26.2 Å². The van der Waals surface area contributed by atoms with E-state index in [4.69, 9.17) is 0 Å². The van der Waals surface area contributed by atoms with Gasteiger partial charge in [-0.1, -0.05) is 0 Å². The Morgan fingerprint density at radius 2 is 2.05 bits per heavy atom. The first kappa shape index (κ1) is 14.3. The molecule has 3 rings (SSSR count). The Hall–Kier alpha value is -1.66. The summed E-state index contributed by atoms with van der Waals surface area (Å²) in [6.07, 6.45) is 1.67. The van der Waals surface area contributed by atoms with Gasteiger partial charge in [0.15, 0.2) is 0 Å². The molecule has 6 heteroatoms. The molecule has 1 fully saturated rings. The Bertz CT molecular complexity index is 599. The van der Waals surface area contributed by atoms with Crippen LogP contribution in [-0.4, -0.2) is 51.7 Å². The number of carbonyl (C=O) groups is 1. The standard InChI is InChI=1S/C15H20N4OS/c1-12(13-4-10-21-11-13)18-6-8-19(9-7-18)15(20)14-3-5-16-17(14)2/h3-5,10-12H,6-9H2,1-2H3/t12-/m0/s1. The zero-order valence-electron chi connectivity index (χ0n) is 12.4. The normalized spacial score (nSPS) is 17.9. The Kier molecular flexibility index (Phi) is 4.07. The van der Waals surface area contributed by atoms with Crippen LogP contribution in [0.5, 0.6) is 0 Å². The number of rotatable bonds is 3. The molecule has 112 valence electrons. The largest absolute Gasteiger partial charge is 0.335 e. The van der Waals surface area contributed by atoms with Crippen LogP contribution in [-0.2, 0) is 7.05 Å². The topological polar surface area (TPSA) is 41.4 Å². The SMILES string of the molecule is C[C@@H](c1ccsc1)N1CCN(C(=O)c2ccnn2C)CC1. The summed E-state index contributed by atoms with van der Waals surface area (Å²) in [5.41, 5.74) is 2.03. The Balaban J connectivity index is 1.60. The summed E-state index contributed by atoms with van der Waals surface area (Å²) in [5.74, 6) is 0.0813. The summed E-state index contributed by atoms with van der Waals surface area (Å²) in [6.45, 7) is 5.62. The molecule has 0 spiro atoms. The number of carbonyl (C=O) groups excluding carboxylic acids is 1. The number of thiophene rings is 1. The first-order chi connectivity index (χ1) is 10.2. The minimum Gasteiger partial charge on any atom is -0.335 e. The molecule has 1 aliphatic rings. The second-order valence-electron chi connectivity index (χ2n) is 5.40. The number of amides is 1. The van der Waals surface area contributed by atoms with Crippen LogP contribution in [0.2, 0.25) is 0 Å². The monoisotopic (exact) mass is 304 g/mol. The summed E-state index contributed by atoms with van der Waals surface area (Å²) in [4.78, 5) is 16.8. The maximum Gasteiger partial charge on any atom is 0.272 e. The highest BCUT2D eigenvalue weighted by atomic mass is 32.1. The van der Waals surface area contributed by atoms with Crippen LogP contribution >= 0.6 is 11.3 Å². The van der Waals surface area contributed by atoms with Crippen LogP contribution < -0.4 is 0 Å². The molecular weight excluding hydrogens is 284 g/mol. The molecule has 0 saturated carbocycles. The molecule has 2 aromatic rings. The second-order valence-corrected chi connectivity index (χ2v) is 6.18. The van der Waals surface area contributed by atoms with Crippen LogP contribution in [0.1, 0.15) is 29.0 Å². The van der Waals surface area contributed by atoms with E-state index in [2.05, 4.69) is 33.7 Å². The first-order valence-electron chi connectivity index (χ1n) is 7.20. The van der Waals surface area contributed by atoms with Crippen molar-refractivity contribution in [3.8, 4) is 0 Å². The quantitative estimate of drug-likeness (QED) is 0.871. The molecule has 0 aliphatic carbocycles. The fourth-order valence-corrected chi connectivity index (χ4v) is 3.53. The van der Waals surface area contributed by atoms with Crippen molar-refractivity contribution in [1.82, 2.24) is 19.6 Å². The van der Waals surface area contributed by atoms with E-state index in [1.54, 1.807) is 28.3 Å². The Labute approximate surface area is 128 Å². The second kappa shape index (κ2) is 5.99. The highest BCUT2D eigenvalue weighted by Gasteiger charge is 2.26. The molecule has 3 heterocycles. The van der Waals surface area contributed by atoms with Crippen LogP contribution in [0.4, 0.5) is 0 Å². The van der Waals surface area contributed by atoms with E-state index in [0.717, 1.165) is 26.2 Å². The van der Waals surface area contributed by atoms with E-state index >= 15 is 0 Å². The predicted octanol–water partition coefficient (Wildman–Crippen LogP) is 2.00. The molecular formula is C15H20N4OS. The van der Waals surface area contributed by atoms with Crippen molar-refractivity contribution >= 4 is 17.2 Å². The molecule has 21 heavy (non-hydrogen) atoms. The number of piperazine rings is 1. The van der Waals surface area contributed by atoms with Crippen LogP contribution in [0.15, 0.2) is 29.1 Å². The van der Waals surface area contributed by atoms with E-state index in [1.165, 1.54) is 5.56 Å². The number of hydrogen-bond donors (Lipinski definition) is 0. The van der Waals surface area contributed by atoms with Crippen molar-refractivity contribution in [2.45, 2.75) is 13.0 Å². The molecule has 2 aromatic heterocycles. The van der Waals surface area contributed by atoms with E-state index in [0.29, 0.717) is 11.7 Å². The van der Waals surface area contributed by atoms with Crippen molar-refractivity contribution < 1.29 is 4.79 Å². The lowest BCUT2D eigenvalue weighted by atomic mass is 10.1. The maximum absolute atomic E-state index is 12.4. The highest BCUT2D eigenvalue weighted by molar-refractivity contribution is 7.07.